The normalized spacial score (nSPS) is 19.9. The first-order chi connectivity index (χ1) is 7.76. The molecule has 0 saturated carbocycles. The number of imidazole rings is 1. The van der Waals surface area contributed by atoms with Gasteiger partial charge in [0.25, 0.3) is 0 Å². The van der Waals surface area contributed by atoms with E-state index in [4.69, 9.17) is 16.3 Å². The fourth-order valence-electron chi connectivity index (χ4n) is 2.27. The van der Waals surface area contributed by atoms with Crippen LogP contribution >= 0.6 is 11.6 Å². The third-order valence-electron chi connectivity index (χ3n) is 3.64. The van der Waals surface area contributed by atoms with Crippen molar-refractivity contribution in [3.05, 3.63) is 18.2 Å². The molecule has 0 spiro atoms. The molecular weight excluding hydrogens is 224 g/mol. The highest BCUT2D eigenvalue weighted by molar-refractivity contribution is 6.18. The molecule has 16 heavy (non-hydrogen) atoms. The summed E-state index contributed by atoms with van der Waals surface area (Å²) in [6.45, 7) is 1.71. The Kier molecular flexibility index (Phi) is 3.87. The molecule has 0 radical (unpaired) electrons. The summed E-state index contributed by atoms with van der Waals surface area (Å²) >= 11 is 6.13. The van der Waals surface area contributed by atoms with Crippen molar-refractivity contribution in [1.82, 2.24) is 9.55 Å². The van der Waals surface area contributed by atoms with Gasteiger partial charge in [-0.25, -0.2) is 4.98 Å². The minimum Gasteiger partial charge on any atom is -0.381 e. The second kappa shape index (κ2) is 5.19. The maximum absolute atomic E-state index is 6.13. The van der Waals surface area contributed by atoms with Crippen molar-refractivity contribution in [2.45, 2.75) is 25.7 Å². The van der Waals surface area contributed by atoms with Crippen LogP contribution < -0.4 is 0 Å². The lowest BCUT2D eigenvalue weighted by Gasteiger charge is -2.35. The van der Waals surface area contributed by atoms with Crippen LogP contribution in [0, 0.1) is 5.41 Å². The summed E-state index contributed by atoms with van der Waals surface area (Å²) in [4.78, 5) is 4.35. The zero-order chi connectivity index (χ0) is 11.4. The summed E-state index contributed by atoms with van der Waals surface area (Å²) in [7, 11) is 2.04. The first-order valence-corrected chi connectivity index (χ1v) is 6.39. The molecule has 2 heterocycles. The van der Waals surface area contributed by atoms with Crippen molar-refractivity contribution in [2.24, 2.45) is 12.5 Å². The lowest BCUT2D eigenvalue weighted by atomic mass is 9.78. The minimum absolute atomic E-state index is 0.270. The largest absolute Gasteiger partial charge is 0.381 e. The van der Waals surface area contributed by atoms with Crippen LogP contribution in [0.25, 0.3) is 0 Å². The Morgan fingerprint density at radius 1 is 1.50 bits per heavy atom. The van der Waals surface area contributed by atoms with Crippen molar-refractivity contribution in [2.75, 3.05) is 19.1 Å². The molecule has 1 fully saturated rings. The number of aryl methyl sites for hydroxylation is 2. The molecule has 0 aromatic carbocycles. The van der Waals surface area contributed by atoms with Gasteiger partial charge in [0.2, 0.25) is 0 Å². The highest BCUT2D eigenvalue weighted by Gasteiger charge is 2.31. The number of aromatic nitrogens is 2. The van der Waals surface area contributed by atoms with Gasteiger partial charge in [0, 0.05) is 45.0 Å². The van der Waals surface area contributed by atoms with Crippen molar-refractivity contribution in [3.8, 4) is 0 Å². The van der Waals surface area contributed by atoms with E-state index in [1.165, 1.54) is 0 Å². The Bertz CT molecular complexity index is 332. The average molecular weight is 243 g/mol. The molecule has 0 unspecified atom stereocenters. The van der Waals surface area contributed by atoms with Crippen LogP contribution in [0.5, 0.6) is 0 Å². The van der Waals surface area contributed by atoms with Crippen molar-refractivity contribution in [1.29, 1.82) is 0 Å². The Morgan fingerprint density at radius 2 is 2.25 bits per heavy atom. The molecule has 1 aromatic heterocycles. The summed E-state index contributed by atoms with van der Waals surface area (Å²) in [5, 5.41) is 0. The van der Waals surface area contributed by atoms with Gasteiger partial charge in [-0.3, -0.25) is 0 Å². The van der Waals surface area contributed by atoms with Gasteiger partial charge in [0.05, 0.1) is 0 Å². The van der Waals surface area contributed by atoms with Gasteiger partial charge in [-0.2, -0.15) is 0 Å². The summed E-state index contributed by atoms with van der Waals surface area (Å²) in [5.74, 6) is 1.89. The second-order valence-corrected chi connectivity index (χ2v) is 4.97. The third kappa shape index (κ3) is 2.58. The van der Waals surface area contributed by atoms with E-state index in [0.717, 1.165) is 50.6 Å². The van der Waals surface area contributed by atoms with Gasteiger partial charge in [0.15, 0.2) is 0 Å². The molecule has 0 aliphatic carbocycles. The predicted octanol–water partition coefficient (Wildman–Crippen LogP) is 2.39. The van der Waals surface area contributed by atoms with Crippen LogP contribution in [0.1, 0.15) is 25.1 Å². The summed E-state index contributed by atoms with van der Waals surface area (Å²) in [5.41, 5.74) is 0.270. The van der Waals surface area contributed by atoms with Gasteiger partial charge in [-0.15, -0.1) is 11.6 Å². The Labute approximate surface area is 102 Å². The Hall–Kier alpha value is -0.540. The highest BCUT2D eigenvalue weighted by Crippen LogP contribution is 2.36. The van der Waals surface area contributed by atoms with Crippen molar-refractivity contribution >= 4 is 11.6 Å². The SMILES string of the molecule is Cn1ccnc1CCC1(CCl)CCOCC1. The lowest BCUT2D eigenvalue weighted by Crippen LogP contribution is -2.32. The molecule has 0 bridgehead atoms. The standard InChI is InChI=1S/C12H19ClN2O/c1-15-7-6-14-11(15)2-3-12(10-13)4-8-16-9-5-12/h6-7H,2-5,8-10H2,1H3. The monoisotopic (exact) mass is 242 g/mol. The number of hydrogen-bond donors (Lipinski definition) is 0. The summed E-state index contributed by atoms with van der Waals surface area (Å²) < 4.78 is 7.49. The third-order valence-corrected chi connectivity index (χ3v) is 4.20. The molecule has 1 aliphatic rings. The molecule has 0 atom stereocenters. The predicted molar refractivity (Wildman–Crippen MR) is 64.7 cm³/mol. The molecule has 1 aromatic rings. The van der Waals surface area contributed by atoms with E-state index in [1.54, 1.807) is 0 Å². The number of nitrogens with zero attached hydrogens (tertiary/aromatic N) is 2. The Balaban J connectivity index is 1.94. The van der Waals surface area contributed by atoms with Crippen LogP contribution in [0.15, 0.2) is 12.4 Å². The molecule has 3 nitrogen and oxygen atoms in total. The average Bonchev–Trinajstić information content (AvgIpc) is 2.74. The maximum atomic E-state index is 6.13. The second-order valence-electron chi connectivity index (χ2n) is 4.70. The van der Waals surface area contributed by atoms with Gasteiger partial charge >= 0.3 is 0 Å². The van der Waals surface area contributed by atoms with E-state index in [1.807, 2.05) is 19.4 Å². The number of rotatable bonds is 4. The van der Waals surface area contributed by atoms with Crippen molar-refractivity contribution < 1.29 is 4.74 Å². The molecule has 4 heteroatoms. The van der Waals surface area contributed by atoms with E-state index in [-0.39, 0.29) is 5.41 Å². The molecule has 0 amide bonds. The van der Waals surface area contributed by atoms with Crippen molar-refractivity contribution in [3.63, 3.8) is 0 Å². The molecule has 0 N–H and O–H groups in total. The molecule has 1 saturated heterocycles. The van der Waals surface area contributed by atoms with Crippen LogP contribution in [0.3, 0.4) is 0 Å². The van der Waals surface area contributed by atoms with E-state index in [9.17, 15) is 0 Å². The summed E-state index contributed by atoms with van der Waals surface area (Å²) in [6.07, 6.45) is 8.14. The smallest absolute Gasteiger partial charge is 0.108 e. The van der Waals surface area contributed by atoms with E-state index in [2.05, 4.69) is 9.55 Å². The van der Waals surface area contributed by atoms with E-state index in [0.29, 0.717) is 0 Å². The Morgan fingerprint density at radius 3 is 2.81 bits per heavy atom. The first-order valence-electron chi connectivity index (χ1n) is 5.86. The zero-order valence-electron chi connectivity index (χ0n) is 9.79. The molecule has 1 aliphatic heterocycles. The highest BCUT2D eigenvalue weighted by atomic mass is 35.5. The van der Waals surface area contributed by atoms with Crippen LogP contribution in [0.4, 0.5) is 0 Å². The van der Waals surface area contributed by atoms with Gasteiger partial charge in [0.1, 0.15) is 5.82 Å². The van der Waals surface area contributed by atoms with Crippen LogP contribution in [0.2, 0.25) is 0 Å². The molecular formula is C12H19ClN2O. The fourth-order valence-corrected chi connectivity index (χ4v) is 2.67. The molecule has 90 valence electrons. The maximum Gasteiger partial charge on any atom is 0.108 e. The van der Waals surface area contributed by atoms with E-state index < -0.39 is 0 Å². The van der Waals surface area contributed by atoms with Crippen LogP contribution in [-0.4, -0.2) is 28.6 Å². The number of hydrogen-bond acceptors (Lipinski definition) is 2. The quantitative estimate of drug-likeness (QED) is 0.759. The minimum atomic E-state index is 0.270. The number of ether oxygens (including phenoxy) is 1. The molecule has 2 rings (SSSR count). The van der Waals surface area contributed by atoms with Gasteiger partial charge in [-0.05, 0) is 24.7 Å². The number of alkyl halides is 1. The van der Waals surface area contributed by atoms with Gasteiger partial charge in [-0.1, -0.05) is 0 Å². The summed E-state index contributed by atoms with van der Waals surface area (Å²) in [6, 6.07) is 0. The lowest BCUT2D eigenvalue weighted by molar-refractivity contribution is 0.0214. The van der Waals surface area contributed by atoms with E-state index >= 15 is 0 Å². The van der Waals surface area contributed by atoms with Crippen LogP contribution in [-0.2, 0) is 18.2 Å². The topological polar surface area (TPSA) is 27.1 Å². The fraction of sp³-hybridized carbons (Fsp3) is 0.750. The van der Waals surface area contributed by atoms with Gasteiger partial charge < -0.3 is 9.30 Å². The zero-order valence-corrected chi connectivity index (χ0v) is 10.5. The number of halogens is 1. The first kappa shape index (κ1) is 11.9.